The van der Waals surface area contributed by atoms with Gasteiger partial charge in [-0.3, -0.25) is 9.59 Å². The largest absolute Gasteiger partial charge is 0.458 e. The second-order valence-electron chi connectivity index (χ2n) is 7.42. The van der Waals surface area contributed by atoms with Crippen LogP contribution in [0.15, 0.2) is 23.3 Å². The van der Waals surface area contributed by atoms with Crippen molar-refractivity contribution in [3.8, 4) is 0 Å². The summed E-state index contributed by atoms with van der Waals surface area (Å²) in [6.45, 7) is 5.50. The number of ether oxygens (including phenoxy) is 1. The van der Waals surface area contributed by atoms with E-state index in [1.807, 2.05) is 13.0 Å². The van der Waals surface area contributed by atoms with Crippen LogP contribution in [0, 0.1) is 11.3 Å². The lowest BCUT2D eigenvalue weighted by molar-refractivity contribution is -0.144. The molecule has 2 aliphatic carbocycles. The number of ketones is 1. The second kappa shape index (κ2) is 6.23. The van der Waals surface area contributed by atoms with Gasteiger partial charge in [0, 0.05) is 13.5 Å². The number of nitrogens with zero attached hydrogens (tertiary/aromatic N) is 1. The molecule has 1 spiro atoms. The fourth-order valence-electron chi connectivity index (χ4n) is 4.79. The minimum atomic E-state index is -0.426. The molecular weight excluding hydrogens is 290 g/mol. The topological polar surface area (TPSA) is 46.6 Å². The number of hydrogen-bond donors (Lipinski definition) is 0. The van der Waals surface area contributed by atoms with Gasteiger partial charge >= 0.3 is 5.97 Å². The summed E-state index contributed by atoms with van der Waals surface area (Å²) in [5, 5.41) is 0. The smallest absolute Gasteiger partial charge is 0.303 e. The molecule has 0 N–H and O–H groups in total. The molecule has 1 aliphatic heterocycles. The molecule has 4 nitrogen and oxygen atoms in total. The monoisotopic (exact) mass is 317 g/mol. The Bertz CT molecular complexity index is 577. The first-order chi connectivity index (χ1) is 10.9. The molecule has 3 unspecified atom stereocenters. The van der Waals surface area contributed by atoms with Crippen molar-refractivity contribution in [1.29, 1.82) is 0 Å². The van der Waals surface area contributed by atoms with E-state index in [-0.39, 0.29) is 23.8 Å². The van der Waals surface area contributed by atoms with Gasteiger partial charge in [-0.05, 0) is 70.2 Å². The maximum absolute atomic E-state index is 13.1. The van der Waals surface area contributed by atoms with Gasteiger partial charge < -0.3 is 9.64 Å². The molecule has 0 saturated heterocycles. The molecule has 0 aromatic carbocycles. The first-order valence-corrected chi connectivity index (χ1v) is 8.71. The predicted octanol–water partition coefficient (Wildman–Crippen LogP) is 2.89. The zero-order valence-electron chi connectivity index (χ0n) is 14.4. The number of carbonyl (C=O) groups is 2. The van der Waals surface area contributed by atoms with E-state index in [1.54, 1.807) is 0 Å². The van der Waals surface area contributed by atoms with Crippen LogP contribution in [-0.2, 0) is 14.3 Å². The fraction of sp³-hybridized carbons (Fsp3) is 0.684. The van der Waals surface area contributed by atoms with Crippen molar-refractivity contribution in [3.05, 3.63) is 23.3 Å². The summed E-state index contributed by atoms with van der Waals surface area (Å²) in [6, 6.07) is 0. The van der Waals surface area contributed by atoms with E-state index >= 15 is 0 Å². The van der Waals surface area contributed by atoms with Crippen LogP contribution in [0.4, 0.5) is 0 Å². The van der Waals surface area contributed by atoms with Gasteiger partial charge in [-0.25, -0.2) is 0 Å². The van der Waals surface area contributed by atoms with Crippen molar-refractivity contribution in [2.45, 2.75) is 52.1 Å². The average molecular weight is 317 g/mol. The highest BCUT2D eigenvalue weighted by atomic mass is 16.5. The molecule has 4 heteroatoms. The van der Waals surface area contributed by atoms with Crippen molar-refractivity contribution in [2.75, 3.05) is 20.1 Å². The SMILES string of the molecule is CC(=O)OC1CC2CC(C)=CC(=O)C23CCCN(C)CCC=C13. The van der Waals surface area contributed by atoms with Gasteiger partial charge in [0.05, 0.1) is 5.41 Å². The highest BCUT2D eigenvalue weighted by molar-refractivity contribution is 5.99. The minimum Gasteiger partial charge on any atom is -0.458 e. The lowest BCUT2D eigenvalue weighted by atomic mass is 9.64. The van der Waals surface area contributed by atoms with E-state index in [0.29, 0.717) is 0 Å². The first-order valence-electron chi connectivity index (χ1n) is 8.71. The summed E-state index contributed by atoms with van der Waals surface area (Å²) in [7, 11) is 2.13. The van der Waals surface area contributed by atoms with Gasteiger partial charge in [0.2, 0.25) is 0 Å². The molecule has 1 saturated carbocycles. The van der Waals surface area contributed by atoms with E-state index in [1.165, 1.54) is 6.92 Å². The van der Waals surface area contributed by atoms with Gasteiger partial charge in [0.1, 0.15) is 6.10 Å². The van der Waals surface area contributed by atoms with E-state index in [0.717, 1.165) is 56.3 Å². The van der Waals surface area contributed by atoms with Crippen LogP contribution in [0.25, 0.3) is 0 Å². The third-order valence-corrected chi connectivity index (χ3v) is 5.74. The molecule has 0 bridgehead atoms. The van der Waals surface area contributed by atoms with Crippen LogP contribution in [0.5, 0.6) is 0 Å². The van der Waals surface area contributed by atoms with E-state index in [2.05, 4.69) is 18.0 Å². The van der Waals surface area contributed by atoms with Gasteiger partial charge in [0.25, 0.3) is 0 Å². The molecule has 23 heavy (non-hydrogen) atoms. The predicted molar refractivity (Wildman–Crippen MR) is 88.9 cm³/mol. The molecular formula is C19H27NO3. The first kappa shape index (κ1) is 16.4. The van der Waals surface area contributed by atoms with Crippen LogP contribution >= 0.6 is 0 Å². The Morgan fingerprint density at radius 2 is 2.17 bits per heavy atom. The fourth-order valence-corrected chi connectivity index (χ4v) is 4.79. The zero-order chi connectivity index (χ0) is 16.6. The van der Waals surface area contributed by atoms with Crippen molar-refractivity contribution in [1.82, 2.24) is 4.90 Å². The molecule has 126 valence electrons. The third-order valence-electron chi connectivity index (χ3n) is 5.74. The molecule has 3 rings (SSSR count). The lowest BCUT2D eigenvalue weighted by Crippen LogP contribution is -2.39. The maximum Gasteiger partial charge on any atom is 0.303 e. The second-order valence-corrected chi connectivity index (χ2v) is 7.42. The molecule has 0 aromatic rings. The number of carbonyl (C=O) groups excluding carboxylic acids is 2. The molecule has 0 amide bonds. The number of rotatable bonds is 1. The maximum atomic E-state index is 13.1. The summed E-state index contributed by atoms with van der Waals surface area (Å²) >= 11 is 0. The van der Waals surface area contributed by atoms with E-state index in [9.17, 15) is 9.59 Å². The van der Waals surface area contributed by atoms with Crippen molar-refractivity contribution in [2.24, 2.45) is 11.3 Å². The Kier molecular flexibility index (Phi) is 4.45. The van der Waals surface area contributed by atoms with Gasteiger partial charge in [-0.2, -0.15) is 0 Å². The summed E-state index contributed by atoms with van der Waals surface area (Å²) in [5.41, 5.74) is 1.82. The summed E-state index contributed by atoms with van der Waals surface area (Å²) in [6.07, 6.45) is 8.33. The van der Waals surface area contributed by atoms with Crippen LogP contribution in [-0.4, -0.2) is 42.9 Å². The van der Waals surface area contributed by atoms with Gasteiger partial charge in [-0.1, -0.05) is 11.6 Å². The van der Waals surface area contributed by atoms with Crippen LogP contribution in [0.1, 0.15) is 46.0 Å². The van der Waals surface area contributed by atoms with Gasteiger partial charge in [-0.15, -0.1) is 0 Å². The highest BCUT2D eigenvalue weighted by Crippen LogP contribution is 2.57. The molecule has 1 heterocycles. The highest BCUT2D eigenvalue weighted by Gasteiger charge is 2.57. The van der Waals surface area contributed by atoms with Crippen LogP contribution in [0.2, 0.25) is 0 Å². The lowest BCUT2D eigenvalue weighted by Gasteiger charge is -2.38. The minimum absolute atomic E-state index is 0.218. The van der Waals surface area contributed by atoms with Gasteiger partial charge in [0.15, 0.2) is 5.78 Å². The molecule has 1 fully saturated rings. The van der Waals surface area contributed by atoms with Crippen molar-refractivity contribution >= 4 is 11.8 Å². The summed E-state index contributed by atoms with van der Waals surface area (Å²) in [4.78, 5) is 26.9. The zero-order valence-corrected chi connectivity index (χ0v) is 14.4. The Labute approximate surface area is 138 Å². The molecule has 0 radical (unpaired) electrons. The third kappa shape index (κ3) is 2.89. The Morgan fingerprint density at radius 1 is 1.39 bits per heavy atom. The number of esters is 1. The Balaban J connectivity index is 2.03. The van der Waals surface area contributed by atoms with Crippen molar-refractivity contribution < 1.29 is 14.3 Å². The quantitative estimate of drug-likeness (QED) is 0.551. The van der Waals surface area contributed by atoms with Crippen LogP contribution in [0.3, 0.4) is 0 Å². The molecule has 0 aromatic heterocycles. The van der Waals surface area contributed by atoms with Crippen molar-refractivity contribution in [3.63, 3.8) is 0 Å². The van der Waals surface area contributed by atoms with Crippen LogP contribution < -0.4 is 0 Å². The van der Waals surface area contributed by atoms with E-state index in [4.69, 9.17) is 4.74 Å². The number of hydrogen-bond acceptors (Lipinski definition) is 4. The van der Waals surface area contributed by atoms with E-state index < -0.39 is 5.41 Å². The molecule has 3 atom stereocenters. The Hall–Kier alpha value is -1.42. The average Bonchev–Trinajstić information content (AvgIpc) is 2.76. The standard InChI is InChI=1S/C19H27NO3/c1-13-10-15-12-17(23-14(2)21)16-6-4-8-20(3)9-5-7-19(15,16)18(22)11-13/h6,11,15,17H,4-5,7-10,12H2,1-3H3. The Morgan fingerprint density at radius 3 is 2.91 bits per heavy atom. The number of allylic oxidation sites excluding steroid dienone is 2. The normalized spacial score (nSPS) is 35.2. The molecule has 3 aliphatic rings. The summed E-state index contributed by atoms with van der Waals surface area (Å²) in [5.74, 6) is 0.259. The summed E-state index contributed by atoms with van der Waals surface area (Å²) < 4.78 is 5.62.